The van der Waals surface area contributed by atoms with E-state index in [1.165, 1.54) is 44.2 Å². The summed E-state index contributed by atoms with van der Waals surface area (Å²) >= 11 is 0. The fourth-order valence-corrected chi connectivity index (χ4v) is 5.19. The van der Waals surface area contributed by atoms with Crippen LogP contribution in [0.2, 0.25) is 0 Å². The summed E-state index contributed by atoms with van der Waals surface area (Å²) in [5, 5.41) is 0. The van der Waals surface area contributed by atoms with Crippen LogP contribution in [0.4, 0.5) is 19.4 Å². The summed E-state index contributed by atoms with van der Waals surface area (Å²) in [7, 11) is -9.58. The lowest BCUT2D eigenvalue weighted by Crippen LogP contribution is -2.22. The van der Waals surface area contributed by atoms with Crippen molar-refractivity contribution < 1.29 is 19.4 Å². The molecule has 1 aromatic carbocycles. The summed E-state index contributed by atoms with van der Waals surface area (Å²) in [5.41, 5.74) is 1.61. The van der Waals surface area contributed by atoms with Crippen molar-refractivity contribution in [1.82, 2.24) is 0 Å². The molecule has 0 bridgehead atoms. The lowest BCUT2D eigenvalue weighted by Gasteiger charge is -2.40. The largest absolute Gasteiger partial charge is 0.310 e. The van der Waals surface area contributed by atoms with E-state index in [0.717, 1.165) is 36.7 Å². The summed E-state index contributed by atoms with van der Waals surface area (Å²) in [6.07, 6.45) is 11.3. The van der Waals surface area contributed by atoms with Crippen molar-refractivity contribution in [3.05, 3.63) is 35.9 Å². The van der Waals surface area contributed by atoms with Crippen LogP contribution in [0.15, 0.2) is 35.2 Å². The molecule has 0 aliphatic heterocycles. The highest BCUT2D eigenvalue weighted by Gasteiger charge is 2.65. The molecule has 0 heterocycles. The van der Waals surface area contributed by atoms with Crippen LogP contribution in [0, 0.1) is 17.8 Å². The molecular weight excluding hydrogens is 367 g/mol. The molecule has 1 unspecified atom stereocenters. The Morgan fingerprint density at radius 3 is 1.92 bits per heavy atom. The Morgan fingerprint density at radius 2 is 1.46 bits per heavy atom. The van der Waals surface area contributed by atoms with E-state index in [-0.39, 0.29) is 0 Å². The van der Waals surface area contributed by atoms with Gasteiger partial charge in [0.05, 0.1) is 0 Å². The van der Waals surface area contributed by atoms with Crippen molar-refractivity contribution in [2.75, 3.05) is 0 Å². The summed E-state index contributed by atoms with van der Waals surface area (Å²) in [6, 6.07) is 3.42. The Morgan fingerprint density at radius 1 is 0.846 bits per heavy atom. The van der Waals surface area contributed by atoms with Gasteiger partial charge in [0, 0.05) is 0 Å². The fraction of sp³-hybridized carbons (Fsp3) is 0.600. The van der Waals surface area contributed by atoms with E-state index in [4.69, 9.17) is 0 Å². The van der Waals surface area contributed by atoms with Crippen LogP contribution in [0.5, 0.6) is 0 Å². The van der Waals surface area contributed by atoms with Crippen LogP contribution in [-0.4, -0.2) is 0 Å². The first-order valence-electron chi connectivity index (χ1n) is 9.50. The minimum atomic E-state index is -9.58. The normalized spacial score (nSPS) is 30.2. The molecule has 3 rings (SSSR count). The van der Waals surface area contributed by atoms with Gasteiger partial charge in [-0.1, -0.05) is 63.8 Å². The Kier molecular flexibility index (Phi) is 4.74. The number of rotatable bonds is 4. The predicted octanol–water partition coefficient (Wildman–Crippen LogP) is 8.74. The van der Waals surface area contributed by atoms with E-state index in [0.29, 0.717) is 23.6 Å². The van der Waals surface area contributed by atoms with E-state index in [9.17, 15) is 19.4 Å². The number of halogens is 5. The first kappa shape index (κ1) is 19.7. The van der Waals surface area contributed by atoms with Gasteiger partial charge in [0.15, 0.2) is 0 Å². The number of hydrogen-bond donors (Lipinski definition) is 0. The zero-order chi connectivity index (χ0) is 19.1. The van der Waals surface area contributed by atoms with Crippen molar-refractivity contribution >= 4 is 15.8 Å². The van der Waals surface area contributed by atoms with Gasteiger partial charge in [-0.05, 0) is 73.1 Å². The van der Waals surface area contributed by atoms with Gasteiger partial charge in [-0.25, -0.2) is 0 Å². The second-order valence-electron chi connectivity index (χ2n) is 7.95. The third-order valence-corrected chi connectivity index (χ3v) is 7.42. The molecule has 1 atom stereocenters. The summed E-state index contributed by atoms with van der Waals surface area (Å²) in [6.45, 7) is 2.25. The van der Waals surface area contributed by atoms with Gasteiger partial charge in [0.1, 0.15) is 4.90 Å². The molecule has 0 aromatic heterocycles. The molecule has 1 saturated carbocycles. The highest BCUT2D eigenvalue weighted by Crippen LogP contribution is 3.02. The monoisotopic (exact) mass is 394 g/mol. The zero-order valence-electron chi connectivity index (χ0n) is 15.1. The van der Waals surface area contributed by atoms with Crippen molar-refractivity contribution in [3.63, 3.8) is 0 Å². The average molecular weight is 394 g/mol. The third-order valence-electron chi connectivity index (χ3n) is 6.26. The molecule has 148 valence electrons. The van der Waals surface area contributed by atoms with Crippen molar-refractivity contribution in [2.24, 2.45) is 17.8 Å². The molecule has 2 aliphatic rings. The lowest BCUT2D eigenvalue weighted by molar-refractivity contribution is 0.192. The van der Waals surface area contributed by atoms with Gasteiger partial charge in [-0.15, -0.1) is 0 Å². The summed E-state index contributed by atoms with van der Waals surface area (Å²) in [4.78, 5) is -1.81. The molecule has 26 heavy (non-hydrogen) atoms. The molecular formula is C20H27F5S. The Bertz CT molecular complexity index is 667. The molecule has 1 aromatic rings. The molecule has 0 spiro atoms. The Hall–Kier alpha value is -1.04. The van der Waals surface area contributed by atoms with Gasteiger partial charge < -0.3 is 0 Å². The van der Waals surface area contributed by atoms with Crippen LogP contribution in [0.25, 0.3) is 5.57 Å². The van der Waals surface area contributed by atoms with E-state index in [2.05, 4.69) is 13.0 Å². The van der Waals surface area contributed by atoms with Crippen LogP contribution < -0.4 is 0 Å². The smallest absolute Gasteiger partial charge is 0.0936 e. The maximum absolute atomic E-state index is 12.8. The van der Waals surface area contributed by atoms with Crippen LogP contribution in [0.1, 0.15) is 63.9 Å². The molecule has 0 saturated heterocycles. The topological polar surface area (TPSA) is 0 Å². The maximum Gasteiger partial charge on any atom is 0.310 e. The SMILES string of the molecule is CC[C@H]1CC[C@H](C2CC=C(c3ccc(S(F)(F)(F)(F)F)cc3)CC2)CC1. The number of benzene rings is 1. The van der Waals surface area contributed by atoms with E-state index in [1.807, 2.05) is 0 Å². The van der Waals surface area contributed by atoms with Gasteiger partial charge in [0.25, 0.3) is 0 Å². The Balaban J connectivity index is 1.65. The number of hydrogen-bond acceptors (Lipinski definition) is 0. The molecule has 0 amide bonds. The van der Waals surface area contributed by atoms with Gasteiger partial charge in [-0.3, -0.25) is 0 Å². The van der Waals surface area contributed by atoms with E-state index < -0.39 is 15.1 Å². The number of allylic oxidation sites excluding steroid dienone is 2. The third kappa shape index (κ3) is 4.62. The average Bonchev–Trinajstić information content (AvgIpc) is 2.60. The highest BCUT2D eigenvalue weighted by molar-refractivity contribution is 8.45. The minimum Gasteiger partial charge on any atom is -0.0936 e. The van der Waals surface area contributed by atoms with E-state index in [1.54, 1.807) is 0 Å². The predicted molar refractivity (Wildman–Crippen MR) is 98.9 cm³/mol. The Labute approximate surface area is 152 Å². The minimum absolute atomic E-state index is 0.524. The fourth-order valence-electron chi connectivity index (χ4n) is 4.54. The van der Waals surface area contributed by atoms with Crippen LogP contribution >= 0.6 is 10.2 Å². The summed E-state index contributed by atoms with van der Waals surface area (Å²) < 4.78 is 64.1. The molecule has 0 radical (unpaired) electrons. The molecule has 2 aliphatic carbocycles. The highest BCUT2D eigenvalue weighted by atomic mass is 32.5. The van der Waals surface area contributed by atoms with Gasteiger partial charge >= 0.3 is 10.2 Å². The van der Waals surface area contributed by atoms with Crippen molar-refractivity contribution in [2.45, 2.75) is 63.2 Å². The zero-order valence-corrected chi connectivity index (χ0v) is 15.9. The van der Waals surface area contributed by atoms with Gasteiger partial charge in [-0.2, -0.15) is 0 Å². The van der Waals surface area contributed by atoms with E-state index >= 15 is 0 Å². The standard InChI is InChI=1S/C20H27F5S/c1-2-15-3-5-16(6-4-15)17-7-9-18(10-8-17)19-11-13-20(14-12-19)26(21,22,23,24)25/h9,11-17H,2-8,10H2,1H3/t15-,16-,17?. The second kappa shape index (κ2) is 6.25. The second-order valence-corrected chi connectivity index (χ2v) is 10.4. The molecule has 6 heteroatoms. The molecule has 0 N–H and O–H groups in total. The molecule has 1 fully saturated rings. The van der Waals surface area contributed by atoms with Crippen molar-refractivity contribution in [1.29, 1.82) is 0 Å². The van der Waals surface area contributed by atoms with Gasteiger partial charge in [0.2, 0.25) is 0 Å². The first-order chi connectivity index (χ1) is 12.0. The van der Waals surface area contributed by atoms with Crippen LogP contribution in [0.3, 0.4) is 0 Å². The maximum atomic E-state index is 12.8. The lowest BCUT2D eigenvalue weighted by atomic mass is 9.70. The van der Waals surface area contributed by atoms with Crippen LogP contribution in [-0.2, 0) is 0 Å². The van der Waals surface area contributed by atoms with Crippen molar-refractivity contribution in [3.8, 4) is 0 Å². The summed E-state index contributed by atoms with van der Waals surface area (Å²) in [5.74, 6) is 2.28. The first-order valence-corrected chi connectivity index (χ1v) is 11.4. The quantitative estimate of drug-likeness (QED) is 0.448. The molecule has 0 nitrogen and oxygen atoms in total.